The van der Waals surface area contributed by atoms with Crippen LogP contribution in [0.15, 0.2) is 95.9 Å². The fraction of sp³-hybridized carbons (Fsp3) is 0.219. The van der Waals surface area contributed by atoms with E-state index in [4.69, 9.17) is 14.2 Å². The molecular weight excluding hydrogens is 526 g/mol. The van der Waals surface area contributed by atoms with Crippen molar-refractivity contribution in [1.82, 2.24) is 5.32 Å². The lowest BCUT2D eigenvalue weighted by Crippen LogP contribution is -2.24. The van der Waals surface area contributed by atoms with Gasteiger partial charge in [0, 0.05) is 17.7 Å². The molecule has 1 amide bonds. The number of sulfone groups is 1. The van der Waals surface area contributed by atoms with Gasteiger partial charge in [-0.2, -0.15) is 0 Å². The van der Waals surface area contributed by atoms with Crippen molar-refractivity contribution in [2.75, 3.05) is 27.9 Å². The zero-order valence-electron chi connectivity index (χ0n) is 22.8. The number of carbonyl (C=O) groups is 1. The van der Waals surface area contributed by atoms with E-state index in [9.17, 15) is 13.2 Å². The summed E-state index contributed by atoms with van der Waals surface area (Å²) in [6.07, 6.45) is 1.40. The second-order valence-corrected chi connectivity index (χ2v) is 11.2. The van der Waals surface area contributed by atoms with Crippen LogP contribution in [0.3, 0.4) is 0 Å². The zero-order chi connectivity index (χ0) is 28.5. The van der Waals surface area contributed by atoms with Crippen LogP contribution >= 0.6 is 0 Å². The molecule has 0 fully saturated rings. The highest BCUT2D eigenvalue weighted by molar-refractivity contribution is 7.90. The van der Waals surface area contributed by atoms with Gasteiger partial charge in [0.2, 0.25) is 0 Å². The summed E-state index contributed by atoms with van der Waals surface area (Å²) in [4.78, 5) is 12.6. The van der Waals surface area contributed by atoms with Gasteiger partial charge in [0.05, 0.1) is 27.1 Å². The molecule has 0 aromatic heterocycles. The molecule has 4 aromatic rings. The Hall–Kier alpha value is -4.30. The van der Waals surface area contributed by atoms with E-state index in [1.54, 1.807) is 50.6 Å². The Balaban J connectivity index is 1.44. The van der Waals surface area contributed by atoms with Crippen molar-refractivity contribution in [3.63, 3.8) is 0 Å². The SMILES string of the molecule is COc1cccc(C(=O)NCCCc2cccc(CS(=O)(=O)c3cc(-c4ccccc4OC)ccc3OC)c2)c1. The molecule has 0 bridgehead atoms. The van der Waals surface area contributed by atoms with Crippen LogP contribution in [-0.4, -0.2) is 42.2 Å². The molecule has 0 aliphatic carbocycles. The molecule has 208 valence electrons. The minimum Gasteiger partial charge on any atom is -0.497 e. The maximum Gasteiger partial charge on any atom is 0.251 e. The summed E-state index contributed by atoms with van der Waals surface area (Å²) in [6.45, 7) is 0.492. The van der Waals surface area contributed by atoms with Gasteiger partial charge in [0.1, 0.15) is 22.1 Å². The fourth-order valence-corrected chi connectivity index (χ4v) is 6.04. The van der Waals surface area contributed by atoms with Crippen molar-refractivity contribution in [1.29, 1.82) is 0 Å². The number of ether oxygens (including phenoxy) is 3. The standard InChI is InChI=1S/C32H33NO6S/c1-37-27-13-7-12-26(20-27)32(34)33-18-8-11-23-9-6-10-24(19-23)22-40(35,36)31-21-25(16-17-30(31)39-3)28-14-4-5-15-29(28)38-2/h4-7,9-10,12-17,19-21H,8,11,18,22H2,1-3H3,(H,33,34). The lowest BCUT2D eigenvalue weighted by molar-refractivity contribution is 0.0953. The number of hydrogen-bond donors (Lipinski definition) is 1. The largest absolute Gasteiger partial charge is 0.497 e. The summed E-state index contributed by atoms with van der Waals surface area (Å²) in [5.74, 6) is 1.25. The molecule has 0 radical (unpaired) electrons. The van der Waals surface area contributed by atoms with Crippen LogP contribution < -0.4 is 19.5 Å². The molecule has 0 unspecified atom stereocenters. The Bertz CT molecular complexity index is 1580. The van der Waals surface area contributed by atoms with Gasteiger partial charge < -0.3 is 19.5 Å². The van der Waals surface area contributed by atoms with Crippen LogP contribution in [0.2, 0.25) is 0 Å². The molecule has 40 heavy (non-hydrogen) atoms. The van der Waals surface area contributed by atoms with Crippen molar-refractivity contribution in [2.45, 2.75) is 23.5 Å². The lowest BCUT2D eigenvalue weighted by Gasteiger charge is -2.14. The first-order valence-corrected chi connectivity index (χ1v) is 14.5. The van der Waals surface area contributed by atoms with E-state index < -0.39 is 9.84 Å². The molecule has 7 nitrogen and oxygen atoms in total. The molecule has 1 N–H and O–H groups in total. The molecule has 4 aromatic carbocycles. The maximum atomic E-state index is 13.6. The number of methoxy groups -OCH3 is 3. The number of nitrogens with one attached hydrogen (secondary N) is 1. The van der Waals surface area contributed by atoms with Crippen molar-refractivity contribution in [3.8, 4) is 28.4 Å². The van der Waals surface area contributed by atoms with E-state index in [2.05, 4.69) is 5.32 Å². The van der Waals surface area contributed by atoms with Crippen LogP contribution in [0.5, 0.6) is 17.2 Å². The Kier molecular flexibility index (Phi) is 9.45. The molecule has 0 atom stereocenters. The van der Waals surface area contributed by atoms with E-state index in [0.717, 1.165) is 16.7 Å². The van der Waals surface area contributed by atoms with E-state index in [-0.39, 0.29) is 16.6 Å². The Morgan fingerprint density at radius 3 is 2.27 bits per heavy atom. The van der Waals surface area contributed by atoms with Gasteiger partial charge in [-0.25, -0.2) is 8.42 Å². The second kappa shape index (κ2) is 13.2. The molecule has 0 saturated heterocycles. The summed E-state index contributed by atoms with van der Waals surface area (Å²) < 4.78 is 43.2. The third-order valence-electron chi connectivity index (χ3n) is 6.52. The van der Waals surface area contributed by atoms with Gasteiger partial charge in [-0.3, -0.25) is 4.79 Å². The van der Waals surface area contributed by atoms with Crippen LogP contribution in [0.1, 0.15) is 27.9 Å². The normalized spacial score (nSPS) is 11.1. The van der Waals surface area contributed by atoms with E-state index in [1.165, 1.54) is 7.11 Å². The van der Waals surface area contributed by atoms with Crippen molar-refractivity contribution < 1.29 is 27.4 Å². The number of carbonyl (C=O) groups excluding carboxylic acids is 1. The second-order valence-electron chi connectivity index (χ2n) is 9.24. The fourth-order valence-electron chi connectivity index (χ4n) is 4.50. The first kappa shape index (κ1) is 28.7. The van der Waals surface area contributed by atoms with Gasteiger partial charge >= 0.3 is 0 Å². The highest BCUT2D eigenvalue weighted by atomic mass is 32.2. The number of hydrogen-bond acceptors (Lipinski definition) is 6. The quantitative estimate of drug-likeness (QED) is 0.224. The third kappa shape index (κ3) is 7.01. The average Bonchev–Trinajstić information content (AvgIpc) is 2.98. The predicted octanol–water partition coefficient (Wildman–Crippen LogP) is 5.72. The van der Waals surface area contributed by atoms with E-state index >= 15 is 0 Å². The van der Waals surface area contributed by atoms with Gasteiger partial charge in [0.25, 0.3) is 5.91 Å². The third-order valence-corrected chi connectivity index (χ3v) is 8.23. The minimum absolute atomic E-state index is 0.129. The number of para-hydroxylation sites is 1. The Labute approximate surface area is 235 Å². The number of benzene rings is 4. The van der Waals surface area contributed by atoms with Gasteiger partial charge in [0.15, 0.2) is 9.84 Å². The van der Waals surface area contributed by atoms with Crippen molar-refractivity contribution in [3.05, 3.63) is 108 Å². The van der Waals surface area contributed by atoms with Crippen molar-refractivity contribution >= 4 is 15.7 Å². The maximum absolute atomic E-state index is 13.6. The predicted molar refractivity (Wildman–Crippen MR) is 156 cm³/mol. The summed E-state index contributed by atoms with van der Waals surface area (Å²) in [7, 11) is 0.881. The molecule has 0 saturated carbocycles. The van der Waals surface area contributed by atoms with Crippen LogP contribution in [0.25, 0.3) is 11.1 Å². The highest BCUT2D eigenvalue weighted by Crippen LogP contribution is 2.35. The summed E-state index contributed by atoms with van der Waals surface area (Å²) in [6, 6.07) is 27.1. The molecule has 0 spiro atoms. The summed E-state index contributed by atoms with van der Waals surface area (Å²) in [5.41, 5.74) is 3.74. The van der Waals surface area contributed by atoms with Crippen LogP contribution in [-0.2, 0) is 22.0 Å². The molecule has 8 heteroatoms. The molecule has 4 rings (SSSR count). The lowest BCUT2D eigenvalue weighted by atomic mass is 10.0. The Morgan fingerprint density at radius 2 is 1.50 bits per heavy atom. The Morgan fingerprint density at radius 1 is 0.750 bits per heavy atom. The number of amides is 1. The van der Waals surface area contributed by atoms with Crippen molar-refractivity contribution in [2.24, 2.45) is 0 Å². The van der Waals surface area contributed by atoms with Gasteiger partial charge in [-0.05, 0) is 65.9 Å². The number of rotatable bonds is 12. The smallest absolute Gasteiger partial charge is 0.251 e. The molecule has 0 aliphatic heterocycles. The highest BCUT2D eigenvalue weighted by Gasteiger charge is 2.22. The monoisotopic (exact) mass is 559 g/mol. The van der Waals surface area contributed by atoms with Gasteiger partial charge in [-0.15, -0.1) is 0 Å². The first-order chi connectivity index (χ1) is 19.3. The summed E-state index contributed by atoms with van der Waals surface area (Å²) in [5, 5.41) is 2.92. The first-order valence-electron chi connectivity index (χ1n) is 12.9. The average molecular weight is 560 g/mol. The molecule has 0 aliphatic rings. The van der Waals surface area contributed by atoms with Gasteiger partial charge in [-0.1, -0.05) is 54.6 Å². The topological polar surface area (TPSA) is 90.9 Å². The van der Waals surface area contributed by atoms with E-state index in [1.807, 2.05) is 54.6 Å². The minimum atomic E-state index is -3.73. The van der Waals surface area contributed by atoms with Crippen LogP contribution in [0.4, 0.5) is 0 Å². The molecular formula is C32H33NO6S. The zero-order valence-corrected chi connectivity index (χ0v) is 23.7. The van der Waals surface area contributed by atoms with Crippen LogP contribution in [0, 0.1) is 0 Å². The molecule has 0 heterocycles. The van der Waals surface area contributed by atoms with E-state index in [0.29, 0.717) is 47.8 Å². The summed E-state index contributed by atoms with van der Waals surface area (Å²) >= 11 is 0. The number of aryl methyl sites for hydroxylation is 1.